The summed E-state index contributed by atoms with van der Waals surface area (Å²) in [6, 6.07) is 9.49. The first-order valence-corrected chi connectivity index (χ1v) is 9.41. The van der Waals surface area contributed by atoms with Crippen molar-refractivity contribution in [1.29, 1.82) is 0 Å². The van der Waals surface area contributed by atoms with Gasteiger partial charge in [0.05, 0.1) is 10.6 Å². The molecule has 4 heterocycles. The number of pyridine rings is 1. The van der Waals surface area contributed by atoms with Crippen LogP contribution in [0.2, 0.25) is 0 Å². The van der Waals surface area contributed by atoms with Gasteiger partial charge in [-0.25, -0.2) is 0 Å². The van der Waals surface area contributed by atoms with Gasteiger partial charge in [0, 0.05) is 31.3 Å². The van der Waals surface area contributed by atoms with Gasteiger partial charge in [0.2, 0.25) is 0 Å². The smallest absolute Gasteiger partial charge is 0.257 e. The lowest BCUT2D eigenvalue weighted by molar-refractivity contribution is -0.605. The van der Waals surface area contributed by atoms with Crippen molar-refractivity contribution in [3.8, 4) is 10.6 Å². The molecule has 1 amide bonds. The van der Waals surface area contributed by atoms with Gasteiger partial charge in [-0.2, -0.15) is 9.83 Å². The van der Waals surface area contributed by atoms with Gasteiger partial charge in [0.15, 0.2) is 18.2 Å². The van der Waals surface area contributed by atoms with Crippen LogP contribution in [0.15, 0.2) is 48.1 Å². The summed E-state index contributed by atoms with van der Waals surface area (Å²) < 4.78 is 0.639. The lowest BCUT2D eigenvalue weighted by Gasteiger charge is -2.32. The Kier molecular flexibility index (Phi) is 4.57. The van der Waals surface area contributed by atoms with Crippen LogP contribution in [-0.2, 0) is 0 Å². The molecule has 7 nitrogen and oxygen atoms in total. The number of aromatic nitrogens is 3. The molecule has 3 aromatic rings. The molecule has 1 aliphatic rings. The van der Waals surface area contributed by atoms with Crippen molar-refractivity contribution in [2.75, 3.05) is 18.0 Å². The van der Waals surface area contributed by atoms with Crippen molar-refractivity contribution in [2.45, 2.75) is 18.9 Å². The number of piperidine rings is 1. The van der Waals surface area contributed by atoms with E-state index in [0.29, 0.717) is 10.3 Å². The lowest BCUT2D eigenvalue weighted by Crippen LogP contribution is -2.45. The Balaban J connectivity index is 1.33. The Bertz CT molecular complexity index is 885. The first kappa shape index (κ1) is 16.6. The molecule has 1 saturated heterocycles. The van der Waals surface area contributed by atoms with E-state index in [0.717, 1.165) is 37.4 Å². The summed E-state index contributed by atoms with van der Waals surface area (Å²) >= 11 is 1.68. The zero-order valence-electron chi connectivity index (χ0n) is 14.1. The predicted molar refractivity (Wildman–Crippen MR) is 100 cm³/mol. The highest BCUT2D eigenvalue weighted by atomic mass is 32.1. The number of thiophene rings is 1. The van der Waals surface area contributed by atoms with Gasteiger partial charge in [0.1, 0.15) is 5.56 Å². The fourth-order valence-electron chi connectivity index (χ4n) is 3.14. The van der Waals surface area contributed by atoms with Crippen molar-refractivity contribution in [3.63, 3.8) is 0 Å². The Morgan fingerprint density at radius 2 is 2.19 bits per heavy atom. The summed E-state index contributed by atoms with van der Waals surface area (Å²) in [5, 5.41) is 23.9. The number of carbonyl (C=O) groups is 1. The van der Waals surface area contributed by atoms with Gasteiger partial charge in [-0.1, -0.05) is 6.07 Å². The second-order valence-corrected chi connectivity index (χ2v) is 7.25. The van der Waals surface area contributed by atoms with Gasteiger partial charge in [-0.3, -0.25) is 9.89 Å². The number of aromatic amines is 1. The zero-order chi connectivity index (χ0) is 17.9. The van der Waals surface area contributed by atoms with Crippen LogP contribution in [0.1, 0.15) is 23.2 Å². The molecule has 0 atom stereocenters. The number of nitrogens with one attached hydrogen (secondary N) is 2. The van der Waals surface area contributed by atoms with Crippen LogP contribution in [0.25, 0.3) is 10.6 Å². The molecule has 4 rings (SSSR count). The van der Waals surface area contributed by atoms with Crippen LogP contribution in [0.5, 0.6) is 0 Å². The van der Waals surface area contributed by atoms with E-state index in [2.05, 4.69) is 32.5 Å². The highest BCUT2D eigenvalue weighted by molar-refractivity contribution is 7.13. The monoisotopic (exact) mass is 369 g/mol. The molecule has 26 heavy (non-hydrogen) atoms. The first-order valence-electron chi connectivity index (χ1n) is 8.53. The summed E-state index contributed by atoms with van der Waals surface area (Å²) in [6.07, 6.45) is 4.35. The minimum Gasteiger partial charge on any atom is -0.619 e. The quantitative estimate of drug-likeness (QED) is 0.545. The minimum atomic E-state index is -0.201. The number of hydrogen-bond donors (Lipinski definition) is 2. The van der Waals surface area contributed by atoms with Crippen molar-refractivity contribution in [2.24, 2.45) is 0 Å². The number of nitrogens with zero attached hydrogens (tertiary/aromatic N) is 3. The van der Waals surface area contributed by atoms with Gasteiger partial charge in [-0.05, 0) is 30.4 Å². The van der Waals surface area contributed by atoms with E-state index in [1.165, 1.54) is 17.3 Å². The van der Waals surface area contributed by atoms with E-state index >= 15 is 0 Å². The Labute approximate surface area is 154 Å². The van der Waals surface area contributed by atoms with Gasteiger partial charge < -0.3 is 15.4 Å². The number of H-pyrrole nitrogens is 1. The average Bonchev–Trinajstić information content (AvgIpc) is 3.34. The summed E-state index contributed by atoms with van der Waals surface area (Å²) in [6.45, 7) is 1.66. The molecule has 3 aromatic heterocycles. The summed E-state index contributed by atoms with van der Waals surface area (Å²) in [7, 11) is 0. The number of amides is 1. The van der Waals surface area contributed by atoms with E-state index in [4.69, 9.17) is 0 Å². The third-order valence-electron chi connectivity index (χ3n) is 4.54. The molecule has 1 aliphatic heterocycles. The molecule has 2 N–H and O–H groups in total. The number of hydrogen-bond acceptors (Lipinski definition) is 5. The average molecular weight is 369 g/mol. The van der Waals surface area contributed by atoms with Crippen LogP contribution in [0.3, 0.4) is 0 Å². The molecule has 0 bridgehead atoms. The highest BCUT2D eigenvalue weighted by Crippen LogP contribution is 2.27. The van der Waals surface area contributed by atoms with Crippen LogP contribution >= 0.6 is 11.3 Å². The molecular formula is C18H19N5O2S. The van der Waals surface area contributed by atoms with Gasteiger partial charge in [-0.15, -0.1) is 11.3 Å². The van der Waals surface area contributed by atoms with Crippen molar-refractivity contribution in [1.82, 2.24) is 15.5 Å². The number of anilines is 1. The molecule has 0 aromatic carbocycles. The second kappa shape index (κ2) is 7.17. The van der Waals surface area contributed by atoms with E-state index in [-0.39, 0.29) is 11.9 Å². The molecule has 0 radical (unpaired) electrons. The topological polar surface area (TPSA) is 88.0 Å². The largest absolute Gasteiger partial charge is 0.619 e. The highest BCUT2D eigenvalue weighted by Gasteiger charge is 2.23. The van der Waals surface area contributed by atoms with E-state index < -0.39 is 0 Å². The van der Waals surface area contributed by atoms with Crippen molar-refractivity contribution >= 4 is 23.1 Å². The molecule has 0 spiro atoms. The molecule has 0 aliphatic carbocycles. The van der Waals surface area contributed by atoms with E-state index in [1.54, 1.807) is 23.5 Å². The van der Waals surface area contributed by atoms with Gasteiger partial charge in [0.25, 0.3) is 5.91 Å². The van der Waals surface area contributed by atoms with Crippen molar-refractivity contribution in [3.05, 3.63) is 58.9 Å². The normalized spacial score (nSPS) is 15.2. The fraction of sp³-hybridized carbons (Fsp3) is 0.278. The molecule has 134 valence electrons. The van der Waals surface area contributed by atoms with E-state index in [1.807, 2.05) is 11.4 Å². The molecule has 0 unspecified atom stereocenters. The Morgan fingerprint density at radius 3 is 2.92 bits per heavy atom. The Hall–Kier alpha value is -2.87. The predicted octanol–water partition coefficient (Wildman–Crippen LogP) is 2.17. The van der Waals surface area contributed by atoms with Gasteiger partial charge >= 0.3 is 0 Å². The molecular weight excluding hydrogens is 350 g/mol. The molecule has 0 saturated carbocycles. The van der Waals surface area contributed by atoms with Crippen LogP contribution in [0.4, 0.5) is 5.82 Å². The molecule has 8 heteroatoms. The third kappa shape index (κ3) is 3.55. The summed E-state index contributed by atoms with van der Waals surface area (Å²) in [5.74, 6) is 0.738. The van der Waals surface area contributed by atoms with Crippen LogP contribution in [0, 0.1) is 5.21 Å². The fourth-order valence-corrected chi connectivity index (χ4v) is 3.83. The van der Waals surface area contributed by atoms with Crippen molar-refractivity contribution < 1.29 is 9.52 Å². The van der Waals surface area contributed by atoms with Crippen LogP contribution < -0.4 is 14.9 Å². The minimum absolute atomic E-state index is 0.106. The summed E-state index contributed by atoms with van der Waals surface area (Å²) in [5.41, 5.74) is 1.42. The lowest BCUT2D eigenvalue weighted by atomic mass is 10.0. The standard InChI is InChI=1S/C18H19N5O2S/c24-18(13-3-1-7-23(25)12-13)19-14-5-8-22(9-6-14)17-11-15(20-21-17)16-4-2-10-26-16/h1-4,7,10-12,14H,5-6,8-9H2,(H,19,24)(H,20,21). The first-order chi connectivity index (χ1) is 12.7. The zero-order valence-corrected chi connectivity index (χ0v) is 14.9. The van der Waals surface area contributed by atoms with E-state index in [9.17, 15) is 10.0 Å². The van der Waals surface area contributed by atoms with Crippen LogP contribution in [-0.4, -0.2) is 35.2 Å². The number of carbonyl (C=O) groups excluding carboxylic acids is 1. The second-order valence-electron chi connectivity index (χ2n) is 6.30. The SMILES string of the molecule is O=C(NC1CCN(c2cc(-c3cccs3)[nH]n2)CC1)c1ccc[n+]([O-])c1. The maximum Gasteiger partial charge on any atom is 0.257 e. The molecule has 1 fully saturated rings. The Morgan fingerprint density at radius 1 is 1.35 bits per heavy atom. The number of rotatable bonds is 4. The third-order valence-corrected chi connectivity index (χ3v) is 5.45. The maximum absolute atomic E-state index is 12.3. The summed E-state index contributed by atoms with van der Waals surface area (Å²) in [4.78, 5) is 15.7. The maximum atomic E-state index is 12.3.